The molecule has 6 nitrogen and oxygen atoms in total. The van der Waals surface area contributed by atoms with Crippen LogP contribution in [0.4, 0.5) is 5.69 Å². The lowest BCUT2D eigenvalue weighted by molar-refractivity contribution is -0.110. The van der Waals surface area contributed by atoms with E-state index in [1.807, 2.05) is 37.3 Å². The number of aromatic nitrogens is 2. The first-order chi connectivity index (χ1) is 12.8. The number of hydrogen-bond donors (Lipinski definition) is 4. The number of aromatic amines is 1. The minimum atomic E-state index is -0.525. The zero-order valence-corrected chi connectivity index (χ0v) is 16.0. The summed E-state index contributed by atoms with van der Waals surface area (Å²) in [4.78, 5) is 19.9. The summed E-state index contributed by atoms with van der Waals surface area (Å²) in [5, 5.41) is 12.1. The van der Waals surface area contributed by atoms with Crippen LogP contribution in [-0.2, 0) is 4.79 Å². The zero-order valence-electron chi connectivity index (χ0n) is 15.3. The van der Waals surface area contributed by atoms with Gasteiger partial charge in [-0.15, -0.1) is 0 Å². The van der Waals surface area contributed by atoms with Crippen molar-refractivity contribution >= 4 is 39.9 Å². The molecule has 3 rings (SSSR count). The van der Waals surface area contributed by atoms with Crippen LogP contribution in [0.15, 0.2) is 47.8 Å². The van der Waals surface area contributed by atoms with Crippen LogP contribution in [0.3, 0.4) is 0 Å². The smallest absolute Gasteiger partial charge is 0.273 e. The predicted octanol–water partition coefficient (Wildman–Crippen LogP) is 4.40. The highest BCUT2D eigenvalue weighted by atomic mass is 35.5. The minimum Gasteiger partial charge on any atom is -0.402 e. The highest BCUT2D eigenvalue weighted by molar-refractivity contribution is 6.47. The Balaban J connectivity index is 1.89. The van der Waals surface area contributed by atoms with Gasteiger partial charge in [0.1, 0.15) is 11.4 Å². The van der Waals surface area contributed by atoms with Gasteiger partial charge in [0.2, 0.25) is 0 Å². The van der Waals surface area contributed by atoms with Crippen molar-refractivity contribution in [1.82, 2.24) is 9.97 Å². The standard InChI is InChI=1S/C20H20ClN5O/c1-10-6-14(21)4-5-16(10)17-8-13-7-15(9-24-19(13)26-17)25-20(27)18(23)11(2)12(3)22/h4-9,23H,22H2,1-3H3,(H,24,26)(H,25,27)/b12-11-,23-18?. The lowest BCUT2D eigenvalue weighted by atomic mass is 10.1. The Kier molecular flexibility index (Phi) is 5.01. The maximum absolute atomic E-state index is 12.2. The number of amides is 1. The predicted molar refractivity (Wildman–Crippen MR) is 110 cm³/mol. The van der Waals surface area contributed by atoms with Crippen molar-refractivity contribution in [3.8, 4) is 11.3 Å². The van der Waals surface area contributed by atoms with Crippen LogP contribution in [0, 0.1) is 12.3 Å². The quantitative estimate of drug-likeness (QED) is 0.503. The molecule has 5 N–H and O–H groups in total. The molecule has 27 heavy (non-hydrogen) atoms. The maximum Gasteiger partial charge on any atom is 0.273 e. The van der Waals surface area contributed by atoms with Crippen LogP contribution in [0.25, 0.3) is 22.3 Å². The number of nitrogens with two attached hydrogens (primary N) is 1. The zero-order chi connectivity index (χ0) is 19.7. The Morgan fingerprint density at radius 2 is 2.00 bits per heavy atom. The first kappa shape index (κ1) is 18.7. The second-order valence-electron chi connectivity index (χ2n) is 6.44. The van der Waals surface area contributed by atoms with Crippen molar-refractivity contribution < 1.29 is 4.79 Å². The number of aryl methyl sites for hydroxylation is 1. The van der Waals surface area contributed by atoms with Crippen molar-refractivity contribution in [2.24, 2.45) is 5.73 Å². The normalized spacial score (nSPS) is 12.0. The molecule has 2 heterocycles. The second kappa shape index (κ2) is 7.25. The fourth-order valence-corrected chi connectivity index (χ4v) is 2.95. The summed E-state index contributed by atoms with van der Waals surface area (Å²) in [7, 11) is 0. The number of hydrogen-bond acceptors (Lipinski definition) is 4. The summed E-state index contributed by atoms with van der Waals surface area (Å²) in [6, 6.07) is 9.48. The minimum absolute atomic E-state index is 0.165. The number of H-pyrrole nitrogens is 1. The molecule has 138 valence electrons. The summed E-state index contributed by atoms with van der Waals surface area (Å²) in [5.41, 5.74) is 10.6. The molecule has 0 fully saturated rings. The molecule has 0 unspecified atom stereocenters. The van der Waals surface area contributed by atoms with E-state index in [0.717, 1.165) is 22.2 Å². The largest absolute Gasteiger partial charge is 0.402 e. The number of benzene rings is 1. The highest BCUT2D eigenvalue weighted by Gasteiger charge is 2.14. The number of allylic oxidation sites excluding steroid dienone is 1. The lowest BCUT2D eigenvalue weighted by Crippen LogP contribution is -2.24. The number of carbonyl (C=O) groups excluding carboxylic acids is 1. The molecular weight excluding hydrogens is 362 g/mol. The van der Waals surface area contributed by atoms with Gasteiger partial charge in [-0.2, -0.15) is 0 Å². The molecule has 1 amide bonds. The topological polar surface area (TPSA) is 108 Å². The van der Waals surface area contributed by atoms with Crippen LogP contribution in [0.5, 0.6) is 0 Å². The van der Waals surface area contributed by atoms with Gasteiger partial charge in [-0.25, -0.2) is 4.98 Å². The van der Waals surface area contributed by atoms with Gasteiger partial charge >= 0.3 is 0 Å². The molecule has 0 saturated heterocycles. The Morgan fingerprint density at radius 1 is 1.26 bits per heavy atom. The molecule has 0 aliphatic rings. The van der Waals surface area contributed by atoms with E-state index in [1.165, 1.54) is 0 Å². The molecule has 0 aliphatic carbocycles. The van der Waals surface area contributed by atoms with E-state index < -0.39 is 5.91 Å². The average molecular weight is 382 g/mol. The van der Waals surface area contributed by atoms with Gasteiger partial charge in [0.25, 0.3) is 5.91 Å². The van der Waals surface area contributed by atoms with Crippen LogP contribution >= 0.6 is 11.6 Å². The molecule has 0 saturated carbocycles. The Labute approximate surface area is 162 Å². The van der Waals surface area contributed by atoms with Gasteiger partial charge in [-0.05, 0) is 56.2 Å². The number of carbonyl (C=O) groups is 1. The van der Waals surface area contributed by atoms with Crippen molar-refractivity contribution in [1.29, 1.82) is 5.41 Å². The molecule has 0 spiro atoms. The van der Waals surface area contributed by atoms with E-state index >= 15 is 0 Å². The van der Waals surface area contributed by atoms with Gasteiger partial charge in [-0.3, -0.25) is 10.2 Å². The number of nitrogens with one attached hydrogen (secondary N) is 3. The SMILES string of the molecule is C/C(N)=C(\C)C(=N)C(=O)Nc1cnc2[nH]c(-c3ccc(Cl)cc3C)cc2c1. The third-order valence-electron chi connectivity index (χ3n) is 4.40. The maximum atomic E-state index is 12.2. The van der Waals surface area contributed by atoms with Crippen molar-refractivity contribution in [3.63, 3.8) is 0 Å². The molecule has 7 heteroatoms. The Hall–Kier alpha value is -3.12. The first-order valence-electron chi connectivity index (χ1n) is 8.34. The van der Waals surface area contributed by atoms with Crippen molar-refractivity contribution in [3.05, 3.63) is 58.4 Å². The summed E-state index contributed by atoms with van der Waals surface area (Å²) < 4.78 is 0. The Morgan fingerprint density at radius 3 is 2.67 bits per heavy atom. The molecule has 3 aromatic rings. The molecule has 0 radical (unpaired) electrons. The second-order valence-corrected chi connectivity index (χ2v) is 6.88. The molecule has 0 atom stereocenters. The number of nitrogens with zero attached hydrogens (tertiary/aromatic N) is 1. The van der Waals surface area contributed by atoms with Gasteiger partial charge in [0.05, 0.1) is 11.9 Å². The number of rotatable bonds is 4. The van der Waals surface area contributed by atoms with Crippen LogP contribution in [0.1, 0.15) is 19.4 Å². The molecule has 0 bridgehead atoms. The van der Waals surface area contributed by atoms with E-state index in [2.05, 4.69) is 15.3 Å². The van der Waals surface area contributed by atoms with E-state index in [4.69, 9.17) is 22.7 Å². The monoisotopic (exact) mass is 381 g/mol. The summed E-state index contributed by atoms with van der Waals surface area (Å²) in [6.07, 6.45) is 1.55. The summed E-state index contributed by atoms with van der Waals surface area (Å²) in [6.45, 7) is 5.29. The number of anilines is 1. The molecular formula is C20H20ClN5O. The molecule has 0 aliphatic heterocycles. The van der Waals surface area contributed by atoms with E-state index in [9.17, 15) is 4.79 Å². The van der Waals surface area contributed by atoms with Crippen LogP contribution < -0.4 is 11.1 Å². The van der Waals surface area contributed by atoms with Crippen LogP contribution in [0.2, 0.25) is 5.02 Å². The Bertz CT molecular complexity index is 1090. The molecule has 2 aromatic heterocycles. The lowest BCUT2D eigenvalue weighted by Gasteiger charge is -2.07. The van der Waals surface area contributed by atoms with Crippen LogP contribution in [-0.4, -0.2) is 21.6 Å². The van der Waals surface area contributed by atoms with Crippen molar-refractivity contribution in [2.75, 3.05) is 5.32 Å². The third-order valence-corrected chi connectivity index (χ3v) is 4.64. The number of fused-ring (bicyclic) bond motifs is 1. The first-order valence-corrected chi connectivity index (χ1v) is 8.72. The fraction of sp³-hybridized carbons (Fsp3) is 0.150. The third kappa shape index (κ3) is 3.85. The number of pyridine rings is 1. The van der Waals surface area contributed by atoms with Gasteiger partial charge in [0, 0.05) is 27.4 Å². The van der Waals surface area contributed by atoms with E-state index in [1.54, 1.807) is 20.0 Å². The van der Waals surface area contributed by atoms with Gasteiger partial charge < -0.3 is 16.0 Å². The van der Waals surface area contributed by atoms with Crippen molar-refractivity contribution in [2.45, 2.75) is 20.8 Å². The highest BCUT2D eigenvalue weighted by Crippen LogP contribution is 2.28. The molecule has 1 aromatic carbocycles. The van der Waals surface area contributed by atoms with Gasteiger partial charge in [0.15, 0.2) is 0 Å². The number of halogens is 1. The summed E-state index contributed by atoms with van der Waals surface area (Å²) >= 11 is 6.03. The fourth-order valence-electron chi connectivity index (χ4n) is 2.72. The van der Waals surface area contributed by atoms with E-state index in [0.29, 0.717) is 27.6 Å². The van der Waals surface area contributed by atoms with E-state index in [-0.39, 0.29) is 5.71 Å². The van der Waals surface area contributed by atoms with Gasteiger partial charge in [-0.1, -0.05) is 17.7 Å². The average Bonchev–Trinajstić information content (AvgIpc) is 3.03. The summed E-state index contributed by atoms with van der Waals surface area (Å²) in [5.74, 6) is -0.525.